The van der Waals surface area contributed by atoms with Gasteiger partial charge in [-0.15, -0.1) is 0 Å². The van der Waals surface area contributed by atoms with E-state index in [0.29, 0.717) is 5.69 Å². The van der Waals surface area contributed by atoms with Crippen molar-refractivity contribution < 1.29 is 19.2 Å². The van der Waals surface area contributed by atoms with Gasteiger partial charge in [0.2, 0.25) is 11.8 Å². The van der Waals surface area contributed by atoms with Gasteiger partial charge in [0.15, 0.2) is 0 Å². The van der Waals surface area contributed by atoms with Crippen molar-refractivity contribution in [2.75, 3.05) is 11.9 Å². The summed E-state index contributed by atoms with van der Waals surface area (Å²) >= 11 is 0. The van der Waals surface area contributed by atoms with Gasteiger partial charge in [0.25, 0.3) is 0 Å². The van der Waals surface area contributed by atoms with E-state index in [2.05, 4.69) is 22.0 Å². The van der Waals surface area contributed by atoms with Crippen LogP contribution in [0.5, 0.6) is 0 Å². The lowest BCUT2D eigenvalue weighted by Gasteiger charge is -2.31. The number of amides is 4. The van der Waals surface area contributed by atoms with Crippen LogP contribution < -0.4 is 16.0 Å². The molecular formula is C31H37N5O4. The van der Waals surface area contributed by atoms with Crippen LogP contribution in [-0.2, 0) is 24.6 Å². The van der Waals surface area contributed by atoms with E-state index in [1.807, 2.05) is 83.1 Å². The summed E-state index contributed by atoms with van der Waals surface area (Å²) in [4.78, 5) is 54.7. The molecule has 0 unspecified atom stereocenters. The zero-order valence-electron chi connectivity index (χ0n) is 23.7. The van der Waals surface area contributed by atoms with Gasteiger partial charge < -0.3 is 20.9 Å². The van der Waals surface area contributed by atoms with Crippen molar-refractivity contribution in [1.82, 2.24) is 15.5 Å². The minimum Gasteiger partial charge on any atom is -0.341 e. The Morgan fingerprint density at radius 2 is 1.68 bits per heavy atom. The fraction of sp³-hybridized carbons (Fsp3) is 0.452. The van der Waals surface area contributed by atoms with Gasteiger partial charge in [-0.05, 0) is 34.9 Å². The Kier molecular flexibility index (Phi) is 8.01. The SMILES string of the molecule is CC(C)[C@H](NC(=O)C(=O)N[C@@H](CC(C)(C)C)C(=O)N1C[C@]2(C[C@H]1C#N)C(=O)Nc1ccccc12)c1ccccc1. The van der Waals surface area contributed by atoms with Gasteiger partial charge in [-0.1, -0.05) is 83.1 Å². The summed E-state index contributed by atoms with van der Waals surface area (Å²) in [6.45, 7) is 9.70. The minimum absolute atomic E-state index is 0.0129. The molecule has 2 aliphatic rings. The number of likely N-dealkylation sites (tertiary alicyclic amines) is 1. The van der Waals surface area contributed by atoms with Crippen molar-refractivity contribution in [1.29, 1.82) is 5.26 Å². The number of hydrogen-bond donors (Lipinski definition) is 3. The van der Waals surface area contributed by atoms with Crippen LogP contribution in [0.4, 0.5) is 5.69 Å². The maximum Gasteiger partial charge on any atom is 0.309 e. The standard InChI is InChI=1S/C31H37N5O4/c1-19(2)25(20-11-7-6-8-12-20)35-27(38)26(37)33-24(16-30(3,4)5)28(39)36-18-31(15-21(36)17-32)22-13-9-10-14-23(22)34-29(31)40/h6-14,19,21,24-25H,15-16,18H2,1-5H3,(H,33,37)(H,34,40)(H,35,38)/t21-,24-,25-,31-/m0/s1. The fourth-order valence-electron chi connectivity index (χ4n) is 5.72. The number of nitrogens with one attached hydrogen (secondary N) is 3. The third-order valence-corrected chi connectivity index (χ3v) is 7.65. The number of fused-ring (bicyclic) bond motifs is 2. The molecule has 0 aromatic heterocycles. The third-order valence-electron chi connectivity index (χ3n) is 7.65. The highest BCUT2D eigenvalue weighted by atomic mass is 16.2. The van der Waals surface area contributed by atoms with E-state index in [9.17, 15) is 24.4 Å². The quantitative estimate of drug-likeness (QED) is 0.481. The van der Waals surface area contributed by atoms with Crippen molar-refractivity contribution >= 4 is 29.3 Å². The Labute approximate surface area is 235 Å². The van der Waals surface area contributed by atoms with Crippen molar-refractivity contribution in [3.63, 3.8) is 0 Å². The molecule has 2 heterocycles. The molecule has 2 aromatic carbocycles. The molecule has 4 amide bonds. The van der Waals surface area contributed by atoms with Crippen molar-refractivity contribution in [3.8, 4) is 6.07 Å². The largest absolute Gasteiger partial charge is 0.341 e. The zero-order chi connectivity index (χ0) is 29.2. The van der Waals surface area contributed by atoms with E-state index in [0.717, 1.165) is 11.1 Å². The number of para-hydroxylation sites is 1. The Balaban J connectivity index is 1.56. The topological polar surface area (TPSA) is 131 Å². The van der Waals surface area contributed by atoms with Crippen molar-refractivity contribution in [3.05, 3.63) is 65.7 Å². The van der Waals surface area contributed by atoms with Crippen LogP contribution in [0.1, 0.15) is 64.6 Å². The van der Waals surface area contributed by atoms with Gasteiger partial charge in [0, 0.05) is 18.7 Å². The number of carbonyl (C=O) groups is 4. The van der Waals surface area contributed by atoms with Crippen LogP contribution >= 0.6 is 0 Å². The Morgan fingerprint density at radius 1 is 1.05 bits per heavy atom. The summed E-state index contributed by atoms with van der Waals surface area (Å²) in [6.07, 6.45) is 0.392. The molecule has 0 bridgehead atoms. The number of hydrogen-bond acceptors (Lipinski definition) is 5. The summed E-state index contributed by atoms with van der Waals surface area (Å²) in [6, 6.07) is 16.5. The van der Waals surface area contributed by atoms with Gasteiger partial charge >= 0.3 is 11.8 Å². The first kappa shape index (κ1) is 28.8. The molecular weight excluding hydrogens is 506 g/mol. The molecule has 40 heavy (non-hydrogen) atoms. The molecule has 210 valence electrons. The monoisotopic (exact) mass is 543 g/mol. The van der Waals surface area contributed by atoms with Crippen LogP contribution in [0, 0.1) is 22.7 Å². The Hall–Kier alpha value is -4.19. The molecule has 2 aliphatic heterocycles. The van der Waals surface area contributed by atoms with E-state index in [1.165, 1.54) is 4.90 Å². The molecule has 0 aliphatic carbocycles. The van der Waals surface area contributed by atoms with Crippen LogP contribution in [-0.4, -0.2) is 47.2 Å². The van der Waals surface area contributed by atoms with Crippen LogP contribution in [0.2, 0.25) is 0 Å². The minimum atomic E-state index is -1.06. The summed E-state index contributed by atoms with van der Waals surface area (Å²) in [5, 5.41) is 18.3. The van der Waals surface area contributed by atoms with Gasteiger partial charge in [-0.3, -0.25) is 19.2 Å². The zero-order valence-corrected chi connectivity index (χ0v) is 23.7. The molecule has 0 radical (unpaired) electrons. The second-order valence-electron chi connectivity index (χ2n) is 12.3. The lowest BCUT2D eigenvalue weighted by atomic mass is 9.80. The average Bonchev–Trinajstić information content (AvgIpc) is 3.43. The number of rotatable bonds is 6. The molecule has 3 N–H and O–H groups in total. The molecule has 9 heteroatoms. The number of benzene rings is 2. The van der Waals surface area contributed by atoms with E-state index >= 15 is 0 Å². The normalized spacial score (nSPS) is 21.4. The maximum atomic E-state index is 14.0. The van der Waals surface area contributed by atoms with Gasteiger partial charge in [-0.25, -0.2) is 0 Å². The highest BCUT2D eigenvalue weighted by Gasteiger charge is 2.56. The first-order valence-corrected chi connectivity index (χ1v) is 13.6. The molecule has 4 atom stereocenters. The van der Waals surface area contributed by atoms with Gasteiger partial charge in [0.1, 0.15) is 12.1 Å². The second kappa shape index (κ2) is 11.1. The van der Waals surface area contributed by atoms with E-state index < -0.39 is 41.3 Å². The third kappa shape index (κ3) is 5.71. The van der Waals surface area contributed by atoms with Gasteiger partial charge in [0.05, 0.1) is 17.5 Å². The Morgan fingerprint density at radius 3 is 2.30 bits per heavy atom. The van der Waals surface area contributed by atoms with Crippen LogP contribution in [0.25, 0.3) is 0 Å². The molecule has 1 fully saturated rings. The number of carbonyl (C=O) groups excluding carboxylic acids is 4. The van der Waals surface area contributed by atoms with Crippen LogP contribution in [0.3, 0.4) is 0 Å². The molecule has 4 rings (SSSR count). The lowest BCUT2D eigenvalue weighted by Crippen LogP contribution is -2.54. The fourth-order valence-corrected chi connectivity index (χ4v) is 5.72. The van der Waals surface area contributed by atoms with Gasteiger partial charge in [-0.2, -0.15) is 5.26 Å². The first-order chi connectivity index (χ1) is 18.9. The van der Waals surface area contributed by atoms with Crippen LogP contribution in [0.15, 0.2) is 54.6 Å². The number of anilines is 1. The Bertz CT molecular complexity index is 1340. The maximum absolute atomic E-state index is 14.0. The molecule has 1 saturated heterocycles. The molecule has 9 nitrogen and oxygen atoms in total. The smallest absolute Gasteiger partial charge is 0.309 e. The first-order valence-electron chi connectivity index (χ1n) is 13.6. The summed E-state index contributed by atoms with van der Waals surface area (Å²) < 4.78 is 0. The molecule has 1 spiro atoms. The molecule has 0 saturated carbocycles. The number of nitrogens with zero attached hydrogens (tertiary/aromatic N) is 2. The molecule has 2 aromatic rings. The second-order valence-corrected chi connectivity index (χ2v) is 12.3. The van der Waals surface area contributed by atoms with E-state index in [1.54, 1.807) is 6.07 Å². The van der Waals surface area contributed by atoms with E-state index in [-0.39, 0.29) is 36.6 Å². The van der Waals surface area contributed by atoms with E-state index in [4.69, 9.17) is 0 Å². The predicted octanol–water partition coefficient (Wildman–Crippen LogP) is 3.44. The van der Waals surface area contributed by atoms with Crippen molar-refractivity contribution in [2.45, 2.75) is 71.0 Å². The van der Waals surface area contributed by atoms with Crippen molar-refractivity contribution in [2.24, 2.45) is 11.3 Å². The summed E-state index contributed by atoms with van der Waals surface area (Å²) in [5.74, 6) is -2.48. The predicted molar refractivity (Wildman–Crippen MR) is 151 cm³/mol. The highest BCUT2D eigenvalue weighted by molar-refractivity contribution is 6.35. The summed E-state index contributed by atoms with van der Waals surface area (Å²) in [5.41, 5.74) is 0.876. The highest BCUT2D eigenvalue weighted by Crippen LogP contribution is 2.46. The lowest BCUT2D eigenvalue weighted by molar-refractivity contribution is -0.143. The average molecular weight is 544 g/mol. The number of nitriles is 1. The summed E-state index contributed by atoms with van der Waals surface area (Å²) in [7, 11) is 0.